The number of hydrogen-bond donors (Lipinski definition) is 2. The van der Waals surface area contributed by atoms with Gasteiger partial charge in [0.2, 0.25) is 0 Å². The van der Waals surface area contributed by atoms with E-state index in [4.69, 9.17) is 16.2 Å². The van der Waals surface area contributed by atoms with Crippen molar-refractivity contribution < 1.29 is 9.53 Å². The Bertz CT molecular complexity index is 437. The maximum absolute atomic E-state index is 11.8. The molecular formula is C13H18N2O2. The van der Waals surface area contributed by atoms with Crippen LogP contribution in [0.25, 0.3) is 0 Å². The molecule has 0 saturated heterocycles. The van der Waals surface area contributed by atoms with E-state index in [2.05, 4.69) is 0 Å². The Morgan fingerprint density at radius 1 is 1.35 bits per heavy atom. The van der Waals surface area contributed by atoms with Crippen LogP contribution in [0, 0.1) is 0 Å². The molecule has 0 aliphatic heterocycles. The number of ether oxygens (including phenoxy) is 1. The summed E-state index contributed by atoms with van der Waals surface area (Å²) >= 11 is 0. The van der Waals surface area contributed by atoms with Crippen molar-refractivity contribution in [3.05, 3.63) is 29.3 Å². The molecule has 1 saturated carbocycles. The zero-order valence-electron chi connectivity index (χ0n) is 10.0. The minimum Gasteiger partial charge on any atom is -0.465 e. The zero-order chi connectivity index (χ0) is 12.5. The maximum Gasteiger partial charge on any atom is 0.340 e. The quantitative estimate of drug-likeness (QED) is 0.604. The molecule has 92 valence electrons. The number of carbonyl (C=O) groups excluding carboxylic acids is 1. The summed E-state index contributed by atoms with van der Waals surface area (Å²) in [5, 5.41) is 0. The van der Waals surface area contributed by atoms with Crippen molar-refractivity contribution in [3.63, 3.8) is 0 Å². The predicted molar refractivity (Wildman–Crippen MR) is 66.5 cm³/mol. The molecule has 4 nitrogen and oxygen atoms in total. The highest BCUT2D eigenvalue weighted by Gasteiger charge is 2.35. The second-order valence-corrected chi connectivity index (χ2v) is 4.62. The van der Waals surface area contributed by atoms with Gasteiger partial charge in [0, 0.05) is 11.2 Å². The number of carbonyl (C=O) groups is 1. The molecule has 17 heavy (non-hydrogen) atoms. The minimum absolute atomic E-state index is 0.408. The molecule has 1 aliphatic rings. The van der Waals surface area contributed by atoms with Crippen molar-refractivity contribution in [2.24, 2.45) is 5.73 Å². The van der Waals surface area contributed by atoms with Crippen LogP contribution in [-0.4, -0.2) is 13.1 Å². The van der Waals surface area contributed by atoms with Gasteiger partial charge < -0.3 is 16.2 Å². The van der Waals surface area contributed by atoms with E-state index in [0.29, 0.717) is 11.3 Å². The monoisotopic (exact) mass is 234 g/mol. The molecule has 0 aromatic heterocycles. The van der Waals surface area contributed by atoms with Crippen LogP contribution >= 0.6 is 0 Å². The van der Waals surface area contributed by atoms with Gasteiger partial charge in [-0.2, -0.15) is 0 Å². The lowest BCUT2D eigenvalue weighted by atomic mass is 9.85. The van der Waals surface area contributed by atoms with Gasteiger partial charge in [-0.25, -0.2) is 4.79 Å². The summed E-state index contributed by atoms with van der Waals surface area (Å²) < 4.78 is 4.79. The normalized spacial score (nSPS) is 18.0. The summed E-state index contributed by atoms with van der Waals surface area (Å²) in [5.74, 6) is -0.408. The first kappa shape index (κ1) is 11.9. The van der Waals surface area contributed by atoms with Gasteiger partial charge in [-0.1, -0.05) is 25.0 Å². The van der Waals surface area contributed by atoms with E-state index in [1.54, 1.807) is 6.07 Å². The van der Waals surface area contributed by atoms with E-state index in [-0.39, 0.29) is 0 Å². The second-order valence-electron chi connectivity index (χ2n) is 4.62. The molecule has 1 fully saturated rings. The van der Waals surface area contributed by atoms with Crippen molar-refractivity contribution in [1.29, 1.82) is 0 Å². The second kappa shape index (κ2) is 4.37. The molecule has 1 aliphatic carbocycles. The van der Waals surface area contributed by atoms with Crippen LogP contribution < -0.4 is 11.5 Å². The average molecular weight is 234 g/mol. The van der Waals surface area contributed by atoms with Gasteiger partial charge in [-0.05, 0) is 24.5 Å². The van der Waals surface area contributed by atoms with Crippen molar-refractivity contribution in [2.45, 2.75) is 31.2 Å². The molecule has 0 bridgehead atoms. The van der Waals surface area contributed by atoms with Crippen LogP contribution in [0.4, 0.5) is 5.69 Å². The van der Waals surface area contributed by atoms with Gasteiger partial charge in [-0.3, -0.25) is 0 Å². The number of benzene rings is 1. The molecule has 4 N–H and O–H groups in total. The molecule has 0 heterocycles. The number of methoxy groups -OCH3 is 1. The lowest BCUT2D eigenvalue weighted by Crippen LogP contribution is -2.35. The van der Waals surface area contributed by atoms with Gasteiger partial charge in [0.25, 0.3) is 0 Å². The van der Waals surface area contributed by atoms with E-state index >= 15 is 0 Å². The van der Waals surface area contributed by atoms with Crippen LogP contribution in [0.1, 0.15) is 41.6 Å². The fourth-order valence-corrected chi connectivity index (χ4v) is 2.59. The summed E-state index contributed by atoms with van der Waals surface area (Å²) in [5.41, 5.74) is 13.5. The first-order chi connectivity index (χ1) is 8.08. The van der Waals surface area contributed by atoms with Gasteiger partial charge in [0.1, 0.15) is 0 Å². The first-order valence-corrected chi connectivity index (χ1v) is 5.84. The van der Waals surface area contributed by atoms with Crippen LogP contribution in [0.3, 0.4) is 0 Å². The number of hydrogen-bond acceptors (Lipinski definition) is 4. The minimum atomic E-state index is -0.432. The molecule has 1 aromatic carbocycles. The third-order valence-corrected chi connectivity index (χ3v) is 3.52. The summed E-state index contributed by atoms with van der Waals surface area (Å²) in [6, 6.07) is 5.42. The third-order valence-electron chi connectivity index (χ3n) is 3.52. The predicted octanol–water partition coefficient (Wildman–Crippen LogP) is 1.78. The third kappa shape index (κ3) is 2.00. The summed E-state index contributed by atoms with van der Waals surface area (Å²) in [4.78, 5) is 11.8. The fourth-order valence-electron chi connectivity index (χ4n) is 2.59. The average Bonchev–Trinajstić information content (AvgIpc) is 2.76. The molecule has 0 unspecified atom stereocenters. The van der Waals surface area contributed by atoms with Crippen molar-refractivity contribution in [1.82, 2.24) is 0 Å². The van der Waals surface area contributed by atoms with Gasteiger partial charge >= 0.3 is 5.97 Å². The van der Waals surface area contributed by atoms with Crippen molar-refractivity contribution in [3.8, 4) is 0 Å². The van der Waals surface area contributed by atoms with E-state index in [1.807, 2.05) is 12.1 Å². The number of nitrogen functional groups attached to an aromatic ring is 1. The van der Waals surface area contributed by atoms with E-state index in [9.17, 15) is 4.79 Å². The highest BCUT2D eigenvalue weighted by atomic mass is 16.5. The lowest BCUT2D eigenvalue weighted by molar-refractivity contribution is 0.0598. The van der Waals surface area contributed by atoms with Crippen LogP contribution in [0.5, 0.6) is 0 Å². The molecule has 0 spiro atoms. The SMILES string of the molecule is COC(=O)c1c(N)cccc1C1(N)CCCC1. The van der Waals surface area contributed by atoms with E-state index in [0.717, 1.165) is 31.2 Å². The Hall–Kier alpha value is -1.55. The largest absolute Gasteiger partial charge is 0.465 e. The Morgan fingerprint density at radius 2 is 2.00 bits per heavy atom. The zero-order valence-corrected chi connectivity index (χ0v) is 10.0. The van der Waals surface area contributed by atoms with Crippen molar-refractivity contribution in [2.75, 3.05) is 12.8 Å². The smallest absolute Gasteiger partial charge is 0.340 e. The molecule has 0 amide bonds. The Kier molecular flexibility index (Phi) is 3.07. The molecule has 1 aromatic rings. The highest BCUT2D eigenvalue weighted by Crippen LogP contribution is 2.39. The Balaban J connectivity index is 2.53. The van der Waals surface area contributed by atoms with Crippen LogP contribution in [0.15, 0.2) is 18.2 Å². The standard InChI is InChI=1S/C13H18N2O2/c1-17-12(16)11-9(5-4-6-10(11)14)13(15)7-2-3-8-13/h4-6H,2-3,7-8,14-15H2,1H3. The molecule has 0 atom stereocenters. The molecule has 0 radical (unpaired) electrons. The summed E-state index contributed by atoms with van der Waals surface area (Å²) in [7, 11) is 1.36. The van der Waals surface area contributed by atoms with Gasteiger partial charge in [-0.15, -0.1) is 0 Å². The van der Waals surface area contributed by atoms with E-state index in [1.165, 1.54) is 7.11 Å². The summed E-state index contributed by atoms with van der Waals surface area (Å²) in [6.45, 7) is 0. The van der Waals surface area contributed by atoms with Crippen LogP contribution in [0.2, 0.25) is 0 Å². The fraction of sp³-hybridized carbons (Fsp3) is 0.462. The Morgan fingerprint density at radius 3 is 2.59 bits per heavy atom. The van der Waals surface area contributed by atoms with Crippen molar-refractivity contribution >= 4 is 11.7 Å². The number of esters is 1. The molecular weight excluding hydrogens is 216 g/mol. The summed E-state index contributed by atoms with van der Waals surface area (Å²) in [6.07, 6.45) is 3.96. The Labute approximate surface area is 101 Å². The number of anilines is 1. The number of nitrogens with two attached hydrogens (primary N) is 2. The lowest BCUT2D eigenvalue weighted by Gasteiger charge is -2.26. The van der Waals surface area contributed by atoms with Gasteiger partial charge in [0.15, 0.2) is 0 Å². The topological polar surface area (TPSA) is 78.3 Å². The first-order valence-electron chi connectivity index (χ1n) is 5.84. The van der Waals surface area contributed by atoms with Crippen LogP contribution in [-0.2, 0) is 10.3 Å². The molecule has 2 rings (SSSR count). The maximum atomic E-state index is 11.8. The van der Waals surface area contributed by atoms with E-state index < -0.39 is 11.5 Å². The van der Waals surface area contributed by atoms with Gasteiger partial charge in [0.05, 0.1) is 12.7 Å². The molecule has 4 heteroatoms. The highest BCUT2D eigenvalue weighted by molar-refractivity contribution is 5.97. The number of rotatable bonds is 2.